The Morgan fingerprint density at radius 1 is 0.929 bits per heavy atom. The fraction of sp³-hybridized carbons (Fsp3) is 1.00. The van der Waals surface area contributed by atoms with E-state index in [-0.39, 0.29) is 0 Å². The van der Waals surface area contributed by atoms with Gasteiger partial charge in [0, 0.05) is 0 Å². The molecular weight excluding hydrogens is 212 g/mol. The summed E-state index contributed by atoms with van der Waals surface area (Å²) in [6.07, 6.45) is 2.64. The lowest BCUT2D eigenvalue weighted by atomic mass is 10.4. The van der Waals surface area contributed by atoms with Crippen molar-refractivity contribution in [2.75, 3.05) is 13.2 Å². The molecule has 0 saturated carbocycles. The molecule has 88 valence electrons. The van der Waals surface area contributed by atoms with Gasteiger partial charge in [-0.05, 0) is 19.6 Å². The Hall–Kier alpha value is 0.314. The van der Waals surface area contributed by atoms with E-state index >= 15 is 0 Å². The molecule has 5 heteroatoms. The van der Waals surface area contributed by atoms with Gasteiger partial charge >= 0.3 is 9.28 Å². The summed E-state index contributed by atoms with van der Waals surface area (Å²) in [5, 5.41) is 0. The molecule has 0 rings (SSSR count). The molecule has 0 aliphatic heterocycles. The molecule has 14 heavy (non-hydrogen) atoms. The van der Waals surface area contributed by atoms with Crippen LogP contribution in [0, 0.1) is 0 Å². The average Bonchev–Trinajstić information content (AvgIpc) is 2.12. The average molecular weight is 238 g/mol. The highest BCUT2D eigenvalue weighted by Crippen LogP contribution is 1.85. The molecule has 0 aromatic heterocycles. The first-order chi connectivity index (χ1) is 6.54. The van der Waals surface area contributed by atoms with E-state index in [9.17, 15) is 0 Å². The zero-order valence-electron chi connectivity index (χ0n) is 10.2. The molecule has 0 radical (unpaired) electrons. The van der Waals surface area contributed by atoms with Crippen LogP contribution in [0.2, 0.25) is 19.6 Å². The Bertz CT molecular complexity index is 88.1. The van der Waals surface area contributed by atoms with E-state index in [4.69, 9.17) is 13.6 Å². The standard InChI is InChI=1S/C5H16O3Si2.C4H10/c1-9(2)7-4-5-8-10(3)6;1-3-4-2/h6,9-10H,4-5H2,1-3H3;3-4H2,1-2H3. The molecule has 0 amide bonds. The van der Waals surface area contributed by atoms with Gasteiger partial charge in [0.15, 0.2) is 9.04 Å². The van der Waals surface area contributed by atoms with Gasteiger partial charge in [-0.3, -0.25) is 0 Å². The lowest BCUT2D eigenvalue weighted by molar-refractivity contribution is 0.195. The van der Waals surface area contributed by atoms with Crippen molar-refractivity contribution in [3.8, 4) is 0 Å². The summed E-state index contributed by atoms with van der Waals surface area (Å²) in [5.41, 5.74) is 0. The fourth-order valence-corrected chi connectivity index (χ4v) is 1.51. The minimum absolute atomic E-state index is 0.551. The summed E-state index contributed by atoms with van der Waals surface area (Å²) in [6.45, 7) is 11.5. The summed E-state index contributed by atoms with van der Waals surface area (Å²) in [4.78, 5) is 8.79. The zero-order valence-corrected chi connectivity index (χ0v) is 12.6. The van der Waals surface area contributed by atoms with Crippen molar-refractivity contribution in [2.24, 2.45) is 0 Å². The molecule has 0 aliphatic rings. The van der Waals surface area contributed by atoms with Gasteiger partial charge in [0.2, 0.25) is 0 Å². The van der Waals surface area contributed by atoms with Crippen LogP contribution in [0.15, 0.2) is 0 Å². The van der Waals surface area contributed by atoms with Crippen LogP contribution < -0.4 is 0 Å². The Kier molecular flexibility index (Phi) is 15.9. The maximum atomic E-state index is 8.79. The van der Waals surface area contributed by atoms with E-state index in [2.05, 4.69) is 26.9 Å². The largest absolute Gasteiger partial charge is 0.418 e. The molecule has 0 aromatic rings. The van der Waals surface area contributed by atoms with Crippen molar-refractivity contribution in [2.45, 2.75) is 46.3 Å². The van der Waals surface area contributed by atoms with E-state index in [0.717, 1.165) is 0 Å². The molecule has 0 heterocycles. The van der Waals surface area contributed by atoms with Gasteiger partial charge in [-0.15, -0.1) is 0 Å². The normalized spacial score (nSPS) is 12.2. The van der Waals surface area contributed by atoms with Gasteiger partial charge in [-0.1, -0.05) is 26.7 Å². The first-order valence-electron chi connectivity index (χ1n) is 5.45. The second-order valence-corrected chi connectivity index (χ2v) is 7.35. The zero-order chi connectivity index (χ0) is 11.4. The fourth-order valence-electron chi connectivity index (χ4n) is 0.502. The van der Waals surface area contributed by atoms with Gasteiger partial charge in [0.25, 0.3) is 0 Å². The van der Waals surface area contributed by atoms with E-state index in [1.54, 1.807) is 6.55 Å². The predicted octanol–water partition coefficient (Wildman–Crippen LogP) is 1.65. The van der Waals surface area contributed by atoms with Crippen LogP contribution in [0.5, 0.6) is 0 Å². The lowest BCUT2D eigenvalue weighted by Gasteiger charge is -2.07. The molecule has 0 fully saturated rings. The van der Waals surface area contributed by atoms with Crippen LogP contribution in [0.25, 0.3) is 0 Å². The molecule has 0 aliphatic carbocycles. The van der Waals surface area contributed by atoms with Crippen LogP contribution in [-0.4, -0.2) is 36.3 Å². The number of unbranched alkanes of at least 4 members (excludes halogenated alkanes) is 1. The third kappa shape index (κ3) is 22.8. The highest BCUT2D eigenvalue weighted by atomic mass is 28.3. The quantitative estimate of drug-likeness (QED) is 0.565. The minimum atomic E-state index is -1.80. The van der Waals surface area contributed by atoms with E-state index in [0.29, 0.717) is 13.2 Å². The Morgan fingerprint density at radius 3 is 1.64 bits per heavy atom. The van der Waals surface area contributed by atoms with Gasteiger partial charge < -0.3 is 13.6 Å². The van der Waals surface area contributed by atoms with Crippen molar-refractivity contribution in [3.05, 3.63) is 0 Å². The molecule has 0 saturated heterocycles. The SMILES string of the molecule is CCCC.C[SiH](C)OCCO[SiH](C)O. The number of rotatable bonds is 6. The molecule has 1 N–H and O–H groups in total. The van der Waals surface area contributed by atoms with Crippen LogP contribution in [0.1, 0.15) is 26.7 Å². The van der Waals surface area contributed by atoms with Crippen molar-refractivity contribution in [3.63, 3.8) is 0 Å². The second-order valence-electron chi connectivity index (χ2n) is 3.39. The monoisotopic (exact) mass is 238 g/mol. The highest BCUT2D eigenvalue weighted by molar-refractivity contribution is 6.48. The Labute approximate surface area is 92.0 Å². The maximum Gasteiger partial charge on any atom is 0.315 e. The Morgan fingerprint density at radius 2 is 1.36 bits per heavy atom. The lowest BCUT2D eigenvalue weighted by Crippen LogP contribution is -2.19. The Balaban J connectivity index is 0. The van der Waals surface area contributed by atoms with Crippen LogP contribution in [0.3, 0.4) is 0 Å². The summed E-state index contributed by atoms with van der Waals surface area (Å²) in [6, 6.07) is 0. The number of hydrogen-bond acceptors (Lipinski definition) is 3. The second kappa shape index (κ2) is 13.3. The van der Waals surface area contributed by atoms with Gasteiger partial charge in [-0.25, -0.2) is 0 Å². The van der Waals surface area contributed by atoms with Crippen molar-refractivity contribution < 1.29 is 13.6 Å². The summed E-state index contributed by atoms with van der Waals surface area (Å²) >= 11 is 0. The minimum Gasteiger partial charge on any atom is -0.418 e. The van der Waals surface area contributed by atoms with E-state index in [1.807, 2.05) is 0 Å². The summed E-state index contributed by atoms with van der Waals surface area (Å²) in [7, 11) is -2.68. The van der Waals surface area contributed by atoms with Gasteiger partial charge in [-0.2, -0.15) is 0 Å². The molecule has 1 atom stereocenters. The van der Waals surface area contributed by atoms with Crippen molar-refractivity contribution >= 4 is 18.3 Å². The number of hydrogen-bond donors (Lipinski definition) is 1. The molecule has 0 aromatic carbocycles. The summed E-state index contributed by atoms with van der Waals surface area (Å²) in [5.74, 6) is 0. The van der Waals surface area contributed by atoms with Crippen LogP contribution >= 0.6 is 0 Å². The summed E-state index contributed by atoms with van der Waals surface area (Å²) < 4.78 is 10.3. The van der Waals surface area contributed by atoms with Crippen molar-refractivity contribution in [1.29, 1.82) is 0 Å². The molecule has 0 spiro atoms. The van der Waals surface area contributed by atoms with E-state index in [1.165, 1.54) is 12.8 Å². The van der Waals surface area contributed by atoms with Gasteiger partial charge in [0.1, 0.15) is 0 Å². The molecular formula is C9H26O3Si2. The first-order valence-corrected chi connectivity index (χ1v) is 10.4. The molecule has 1 unspecified atom stereocenters. The smallest absolute Gasteiger partial charge is 0.315 e. The van der Waals surface area contributed by atoms with Crippen LogP contribution in [0.4, 0.5) is 0 Å². The molecule has 3 nitrogen and oxygen atoms in total. The van der Waals surface area contributed by atoms with Gasteiger partial charge in [0.05, 0.1) is 13.2 Å². The third-order valence-corrected chi connectivity index (χ3v) is 3.01. The highest BCUT2D eigenvalue weighted by Gasteiger charge is 1.98. The first kappa shape index (κ1) is 16.7. The van der Waals surface area contributed by atoms with E-state index < -0.39 is 18.3 Å². The topological polar surface area (TPSA) is 38.7 Å². The maximum absolute atomic E-state index is 8.79. The van der Waals surface area contributed by atoms with Crippen LogP contribution in [-0.2, 0) is 8.85 Å². The predicted molar refractivity (Wildman–Crippen MR) is 66.6 cm³/mol. The van der Waals surface area contributed by atoms with Crippen molar-refractivity contribution in [1.82, 2.24) is 0 Å². The third-order valence-electron chi connectivity index (χ3n) is 1.39. The molecule has 0 bridgehead atoms.